The second kappa shape index (κ2) is 6.42. The number of aromatic nitrogens is 3. The van der Waals surface area contributed by atoms with Gasteiger partial charge in [-0.25, -0.2) is 4.98 Å². The molecule has 0 aromatic carbocycles. The van der Waals surface area contributed by atoms with E-state index >= 15 is 0 Å². The van der Waals surface area contributed by atoms with Crippen LogP contribution in [0.3, 0.4) is 0 Å². The summed E-state index contributed by atoms with van der Waals surface area (Å²) in [6.45, 7) is 5.24. The second-order valence-electron chi connectivity index (χ2n) is 5.95. The van der Waals surface area contributed by atoms with E-state index in [2.05, 4.69) is 29.1 Å². The van der Waals surface area contributed by atoms with Crippen molar-refractivity contribution in [3.8, 4) is 6.01 Å². The van der Waals surface area contributed by atoms with Crippen LogP contribution in [-0.2, 0) is 0 Å². The van der Waals surface area contributed by atoms with Gasteiger partial charge in [0, 0.05) is 23.8 Å². The molecule has 2 aromatic rings. The molecule has 0 radical (unpaired) electrons. The fourth-order valence-electron chi connectivity index (χ4n) is 3.48. The molecular formula is C16H23ClN4O. The van der Waals surface area contributed by atoms with Crippen molar-refractivity contribution in [2.24, 2.45) is 0 Å². The van der Waals surface area contributed by atoms with Gasteiger partial charge < -0.3 is 10.4 Å². The van der Waals surface area contributed by atoms with Crippen molar-refractivity contribution in [1.82, 2.24) is 19.9 Å². The molecule has 1 unspecified atom stereocenters. The number of halogens is 1. The third-order valence-electron chi connectivity index (χ3n) is 4.65. The van der Waals surface area contributed by atoms with Gasteiger partial charge in [-0.1, -0.05) is 31.9 Å². The maximum Gasteiger partial charge on any atom is 0.296 e. The van der Waals surface area contributed by atoms with Gasteiger partial charge in [-0.05, 0) is 32.2 Å². The largest absolute Gasteiger partial charge is 0.480 e. The van der Waals surface area contributed by atoms with Gasteiger partial charge in [0.2, 0.25) is 0 Å². The maximum absolute atomic E-state index is 10.3. The van der Waals surface area contributed by atoms with E-state index in [1.807, 2.05) is 4.57 Å². The van der Waals surface area contributed by atoms with Crippen LogP contribution in [0.4, 0.5) is 0 Å². The van der Waals surface area contributed by atoms with Crippen molar-refractivity contribution in [2.75, 3.05) is 6.54 Å². The molecule has 3 heterocycles. The summed E-state index contributed by atoms with van der Waals surface area (Å²) in [5.74, 6) is 0. The molecule has 0 saturated carbocycles. The van der Waals surface area contributed by atoms with Crippen molar-refractivity contribution in [1.29, 1.82) is 0 Å². The molecule has 0 amide bonds. The highest BCUT2D eigenvalue weighted by Gasteiger charge is 2.26. The Morgan fingerprint density at radius 2 is 2.18 bits per heavy atom. The van der Waals surface area contributed by atoms with Crippen LogP contribution in [0.15, 0.2) is 6.20 Å². The minimum atomic E-state index is 0.0375. The Bertz CT molecular complexity index is 660. The molecule has 1 atom stereocenters. The van der Waals surface area contributed by atoms with E-state index in [9.17, 15) is 5.11 Å². The van der Waals surface area contributed by atoms with Crippen LogP contribution in [0.25, 0.3) is 11.2 Å². The predicted octanol–water partition coefficient (Wildman–Crippen LogP) is 3.97. The van der Waals surface area contributed by atoms with Gasteiger partial charge in [0.25, 0.3) is 6.01 Å². The zero-order valence-corrected chi connectivity index (χ0v) is 13.9. The van der Waals surface area contributed by atoms with Crippen LogP contribution in [0.1, 0.15) is 63.6 Å². The van der Waals surface area contributed by atoms with Gasteiger partial charge in [-0.3, -0.25) is 4.57 Å². The third kappa shape index (κ3) is 2.57. The summed E-state index contributed by atoms with van der Waals surface area (Å²) in [7, 11) is 0. The fraction of sp³-hybridized carbons (Fsp3) is 0.625. The van der Waals surface area contributed by atoms with E-state index in [1.165, 1.54) is 12.8 Å². The summed E-state index contributed by atoms with van der Waals surface area (Å²) in [4.78, 5) is 8.56. The molecule has 0 spiro atoms. The first-order chi connectivity index (χ1) is 10.7. The monoisotopic (exact) mass is 322 g/mol. The van der Waals surface area contributed by atoms with Crippen LogP contribution in [0.2, 0.25) is 5.02 Å². The van der Waals surface area contributed by atoms with Crippen LogP contribution in [0.5, 0.6) is 6.01 Å². The standard InChI is InChI=1S/C16H23ClN4O/c1-3-10(4-2)21-14-13(12-7-5-6-8-18-12)11(17)9-19-15(14)20-16(21)22/h9-10,12,18H,3-8H2,1-2H3,(H,19,20,22). The molecule has 2 N–H and O–H groups in total. The maximum atomic E-state index is 10.3. The lowest BCUT2D eigenvalue weighted by Crippen LogP contribution is -2.27. The average Bonchev–Trinajstić information content (AvgIpc) is 2.86. The molecule has 2 aromatic heterocycles. The van der Waals surface area contributed by atoms with E-state index < -0.39 is 0 Å². The van der Waals surface area contributed by atoms with Crippen molar-refractivity contribution in [2.45, 2.75) is 58.0 Å². The number of piperidine rings is 1. The van der Waals surface area contributed by atoms with Crippen LogP contribution in [-0.4, -0.2) is 26.2 Å². The van der Waals surface area contributed by atoms with Crippen LogP contribution >= 0.6 is 11.6 Å². The first-order valence-corrected chi connectivity index (χ1v) is 8.53. The van der Waals surface area contributed by atoms with E-state index in [4.69, 9.17) is 11.6 Å². The van der Waals surface area contributed by atoms with Crippen LogP contribution in [0, 0.1) is 0 Å². The third-order valence-corrected chi connectivity index (χ3v) is 4.95. The zero-order valence-electron chi connectivity index (χ0n) is 13.1. The smallest absolute Gasteiger partial charge is 0.296 e. The number of hydrogen-bond donors (Lipinski definition) is 2. The minimum Gasteiger partial charge on any atom is -0.480 e. The predicted molar refractivity (Wildman–Crippen MR) is 88.4 cm³/mol. The number of nitrogens with zero attached hydrogens (tertiary/aromatic N) is 3. The minimum absolute atomic E-state index is 0.0375. The molecule has 1 saturated heterocycles. The topological polar surface area (TPSA) is 63.0 Å². The highest BCUT2D eigenvalue weighted by molar-refractivity contribution is 6.32. The summed E-state index contributed by atoms with van der Waals surface area (Å²) < 4.78 is 1.92. The first-order valence-electron chi connectivity index (χ1n) is 8.16. The molecule has 22 heavy (non-hydrogen) atoms. The summed E-state index contributed by atoms with van der Waals surface area (Å²) in [6.07, 6.45) is 6.94. The fourth-order valence-corrected chi connectivity index (χ4v) is 3.75. The number of aromatic hydroxyl groups is 1. The van der Waals surface area contributed by atoms with E-state index in [1.54, 1.807) is 6.20 Å². The lowest BCUT2D eigenvalue weighted by Gasteiger charge is -2.26. The van der Waals surface area contributed by atoms with Gasteiger partial charge in [-0.2, -0.15) is 4.98 Å². The Kier molecular flexibility index (Phi) is 4.54. The highest BCUT2D eigenvalue weighted by atomic mass is 35.5. The Morgan fingerprint density at radius 1 is 1.41 bits per heavy atom. The summed E-state index contributed by atoms with van der Waals surface area (Å²) in [6, 6.07) is 0.444. The molecule has 1 fully saturated rings. The Morgan fingerprint density at radius 3 is 2.82 bits per heavy atom. The SMILES string of the molecule is CCC(CC)n1c(O)nc2ncc(Cl)c(C3CCCCN3)c21. The molecule has 0 aliphatic carbocycles. The van der Waals surface area contributed by atoms with Gasteiger partial charge >= 0.3 is 0 Å². The van der Waals surface area contributed by atoms with Crippen molar-refractivity contribution in [3.05, 3.63) is 16.8 Å². The molecular weight excluding hydrogens is 300 g/mol. The Balaban J connectivity index is 2.22. The van der Waals surface area contributed by atoms with Gasteiger partial charge in [-0.15, -0.1) is 0 Å². The molecule has 0 bridgehead atoms. The van der Waals surface area contributed by atoms with Crippen molar-refractivity contribution in [3.63, 3.8) is 0 Å². The van der Waals surface area contributed by atoms with Crippen molar-refractivity contribution >= 4 is 22.8 Å². The number of nitrogens with one attached hydrogen (secondary N) is 1. The first kappa shape index (κ1) is 15.6. The number of fused-ring (bicyclic) bond motifs is 1. The van der Waals surface area contributed by atoms with Gasteiger partial charge in [0.1, 0.15) is 0 Å². The Labute approximate surface area is 135 Å². The number of hydrogen-bond acceptors (Lipinski definition) is 4. The summed E-state index contributed by atoms with van der Waals surface area (Å²) in [5.41, 5.74) is 2.50. The lowest BCUT2D eigenvalue weighted by atomic mass is 9.97. The zero-order chi connectivity index (χ0) is 15.7. The number of pyridine rings is 1. The Hall–Kier alpha value is -1.33. The van der Waals surface area contributed by atoms with Gasteiger partial charge in [0.15, 0.2) is 5.65 Å². The number of imidazole rings is 1. The molecule has 3 rings (SSSR count). The highest BCUT2D eigenvalue weighted by Crippen LogP contribution is 2.38. The molecule has 120 valence electrons. The van der Waals surface area contributed by atoms with Crippen LogP contribution < -0.4 is 5.32 Å². The van der Waals surface area contributed by atoms with E-state index in [0.29, 0.717) is 10.7 Å². The summed E-state index contributed by atoms with van der Waals surface area (Å²) >= 11 is 6.48. The van der Waals surface area contributed by atoms with Gasteiger partial charge in [0.05, 0.1) is 10.5 Å². The normalized spacial score (nSPS) is 19.2. The quantitative estimate of drug-likeness (QED) is 0.894. The molecule has 1 aliphatic heterocycles. The summed E-state index contributed by atoms with van der Waals surface area (Å²) in [5, 5.41) is 14.5. The molecule has 6 heteroatoms. The molecule has 5 nitrogen and oxygen atoms in total. The van der Waals surface area contributed by atoms with Crippen molar-refractivity contribution < 1.29 is 5.11 Å². The van der Waals surface area contributed by atoms with E-state index in [0.717, 1.165) is 36.9 Å². The number of rotatable bonds is 4. The average molecular weight is 323 g/mol. The molecule has 1 aliphatic rings. The lowest BCUT2D eigenvalue weighted by molar-refractivity contribution is 0.359. The second-order valence-corrected chi connectivity index (χ2v) is 6.35. The van der Waals surface area contributed by atoms with E-state index in [-0.39, 0.29) is 18.1 Å².